The highest BCUT2D eigenvalue weighted by Crippen LogP contribution is 2.32. The highest BCUT2D eigenvalue weighted by molar-refractivity contribution is 7.99. The minimum absolute atomic E-state index is 0.304. The van der Waals surface area contributed by atoms with Crippen molar-refractivity contribution in [2.75, 3.05) is 0 Å². The first-order valence-corrected chi connectivity index (χ1v) is 6.61. The Kier molecular flexibility index (Phi) is 3.11. The van der Waals surface area contributed by atoms with Gasteiger partial charge in [0.15, 0.2) is 15.5 Å². The normalized spacial score (nSPS) is 11.0. The maximum Gasteiger partial charge on any atom is 0.171 e. The van der Waals surface area contributed by atoms with Gasteiger partial charge in [-0.1, -0.05) is 35.3 Å². The quantitative estimate of drug-likeness (QED) is 0.781. The van der Waals surface area contributed by atoms with E-state index in [0.717, 1.165) is 21.1 Å². The van der Waals surface area contributed by atoms with Crippen molar-refractivity contribution in [3.05, 3.63) is 40.6 Å². The van der Waals surface area contributed by atoms with Gasteiger partial charge in [0.25, 0.3) is 0 Å². The average molecular weight is 297 g/mol. The van der Waals surface area contributed by atoms with Crippen molar-refractivity contribution in [2.45, 2.75) is 10.1 Å². The van der Waals surface area contributed by atoms with E-state index in [4.69, 9.17) is 23.2 Å². The zero-order valence-electron chi connectivity index (χ0n) is 8.89. The number of nitrogens with one attached hydrogen (secondary N) is 1. The lowest BCUT2D eigenvalue weighted by molar-refractivity contribution is 0.993. The number of halogens is 2. The van der Waals surface area contributed by atoms with Gasteiger partial charge in [0.05, 0.1) is 15.9 Å². The van der Waals surface area contributed by atoms with Crippen molar-refractivity contribution in [3.63, 3.8) is 0 Å². The zero-order valence-corrected chi connectivity index (χ0v) is 11.2. The smallest absolute Gasteiger partial charge is 0.171 e. The van der Waals surface area contributed by atoms with Crippen molar-refractivity contribution in [1.29, 1.82) is 0 Å². The molecule has 3 rings (SSSR count). The van der Waals surface area contributed by atoms with Gasteiger partial charge in [0, 0.05) is 0 Å². The van der Waals surface area contributed by atoms with Crippen LogP contribution >= 0.6 is 35.0 Å². The third kappa shape index (κ3) is 2.29. The van der Waals surface area contributed by atoms with Crippen molar-refractivity contribution < 1.29 is 0 Å². The molecular weight excluding hydrogens is 291 g/mol. The molecule has 0 saturated carbocycles. The van der Waals surface area contributed by atoms with Crippen LogP contribution in [0.25, 0.3) is 11.0 Å². The highest BCUT2D eigenvalue weighted by atomic mass is 35.5. The molecule has 0 radical (unpaired) electrons. The summed E-state index contributed by atoms with van der Waals surface area (Å²) < 4.78 is 0. The Morgan fingerprint density at radius 1 is 1.11 bits per heavy atom. The molecule has 0 unspecified atom stereocenters. The Morgan fingerprint density at radius 3 is 2.78 bits per heavy atom. The Hall–Kier alpha value is -1.30. The number of benzene rings is 1. The maximum atomic E-state index is 5.95. The van der Waals surface area contributed by atoms with Crippen LogP contribution in [0, 0.1) is 0 Å². The molecule has 4 nitrogen and oxygen atoms in total. The molecule has 1 aromatic carbocycles. The predicted molar refractivity (Wildman–Crippen MR) is 72.3 cm³/mol. The Bertz CT molecular complexity index is 680. The predicted octanol–water partition coefficient (Wildman–Crippen LogP) is 3.81. The van der Waals surface area contributed by atoms with Crippen LogP contribution < -0.4 is 0 Å². The summed E-state index contributed by atoms with van der Waals surface area (Å²) in [7, 11) is 0. The lowest BCUT2D eigenvalue weighted by atomic mass is 10.3. The fourth-order valence-corrected chi connectivity index (χ4v) is 2.72. The first-order valence-electron chi connectivity index (χ1n) is 5.04. The zero-order chi connectivity index (χ0) is 12.5. The number of para-hydroxylation sites is 2. The van der Waals surface area contributed by atoms with E-state index < -0.39 is 0 Å². The maximum absolute atomic E-state index is 5.95. The standard InChI is InChI=1S/C11H6Cl2N4S/c12-9-5-8(10(13)17-16-9)18-11-14-6-3-1-2-4-7(6)15-11/h1-5H,(H,14,15). The average Bonchev–Trinajstić information content (AvgIpc) is 2.76. The van der Waals surface area contributed by atoms with Gasteiger partial charge >= 0.3 is 0 Å². The molecule has 3 aromatic rings. The summed E-state index contributed by atoms with van der Waals surface area (Å²) in [6.07, 6.45) is 0. The number of aromatic nitrogens is 4. The SMILES string of the molecule is Clc1cc(Sc2nc3ccccc3[nH]2)c(Cl)nn1. The van der Waals surface area contributed by atoms with E-state index in [9.17, 15) is 0 Å². The van der Waals surface area contributed by atoms with E-state index in [-0.39, 0.29) is 0 Å². The van der Waals surface area contributed by atoms with Crippen LogP contribution in [0.5, 0.6) is 0 Å². The number of fused-ring (bicyclic) bond motifs is 1. The number of hydrogen-bond donors (Lipinski definition) is 1. The van der Waals surface area contributed by atoms with Crippen molar-refractivity contribution in [1.82, 2.24) is 20.2 Å². The molecule has 0 amide bonds. The van der Waals surface area contributed by atoms with Gasteiger partial charge in [0.1, 0.15) is 0 Å². The summed E-state index contributed by atoms with van der Waals surface area (Å²) in [5, 5.41) is 8.76. The van der Waals surface area contributed by atoms with Crippen LogP contribution in [0.1, 0.15) is 0 Å². The van der Waals surface area contributed by atoms with E-state index in [0.29, 0.717) is 10.3 Å². The number of H-pyrrole nitrogens is 1. The van der Waals surface area contributed by atoms with E-state index in [1.165, 1.54) is 11.8 Å². The van der Waals surface area contributed by atoms with Crippen LogP contribution in [0.3, 0.4) is 0 Å². The molecule has 7 heteroatoms. The van der Waals surface area contributed by atoms with Crippen LogP contribution in [0.4, 0.5) is 0 Å². The van der Waals surface area contributed by atoms with Crippen LogP contribution in [0.2, 0.25) is 10.3 Å². The Morgan fingerprint density at radius 2 is 1.94 bits per heavy atom. The van der Waals surface area contributed by atoms with Crippen molar-refractivity contribution in [2.24, 2.45) is 0 Å². The van der Waals surface area contributed by atoms with Gasteiger partial charge in [0.2, 0.25) is 0 Å². The van der Waals surface area contributed by atoms with E-state index in [1.54, 1.807) is 6.07 Å². The highest BCUT2D eigenvalue weighted by Gasteiger charge is 2.09. The summed E-state index contributed by atoms with van der Waals surface area (Å²) in [5.41, 5.74) is 1.88. The molecule has 0 saturated heterocycles. The largest absolute Gasteiger partial charge is 0.333 e. The van der Waals surface area contributed by atoms with Crippen LogP contribution in [0.15, 0.2) is 40.4 Å². The fraction of sp³-hybridized carbons (Fsp3) is 0. The molecule has 0 atom stereocenters. The summed E-state index contributed by atoms with van der Waals surface area (Å²) in [6.45, 7) is 0. The molecule has 2 aromatic heterocycles. The van der Waals surface area contributed by atoms with Gasteiger partial charge in [-0.05, 0) is 30.0 Å². The molecule has 0 spiro atoms. The lowest BCUT2D eigenvalue weighted by Gasteiger charge is -1.99. The topological polar surface area (TPSA) is 54.5 Å². The molecule has 0 aliphatic carbocycles. The Labute approximate surface area is 117 Å². The number of rotatable bonds is 2. The lowest BCUT2D eigenvalue weighted by Crippen LogP contribution is -1.86. The number of hydrogen-bond acceptors (Lipinski definition) is 4. The van der Waals surface area contributed by atoms with Crippen molar-refractivity contribution in [3.8, 4) is 0 Å². The van der Waals surface area contributed by atoms with Gasteiger partial charge in [-0.15, -0.1) is 10.2 Å². The third-order valence-corrected chi connectivity index (χ3v) is 3.75. The monoisotopic (exact) mass is 296 g/mol. The van der Waals surface area contributed by atoms with Gasteiger partial charge < -0.3 is 4.98 Å². The van der Waals surface area contributed by atoms with Crippen LogP contribution in [-0.4, -0.2) is 20.2 Å². The molecule has 18 heavy (non-hydrogen) atoms. The summed E-state index contributed by atoms with van der Waals surface area (Å²) >= 11 is 13.1. The summed E-state index contributed by atoms with van der Waals surface area (Å²) in [4.78, 5) is 8.35. The minimum atomic E-state index is 0.304. The number of aromatic amines is 1. The van der Waals surface area contributed by atoms with E-state index >= 15 is 0 Å². The fourth-order valence-electron chi connectivity index (χ4n) is 1.49. The second-order valence-electron chi connectivity index (χ2n) is 3.48. The van der Waals surface area contributed by atoms with Crippen molar-refractivity contribution >= 4 is 46.0 Å². The second-order valence-corrected chi connectivity index (χ2v) is 5.26. The van der Waals surface area contributed by atoms with Crippen LogP contribution in [-0.2, 0) is 0 Å². The first-order chi connectivity index (χ1) is 8.72. The molecule has 0 aliphatic rings. The summed E-state index contributed by atoms with van der Waals surface area (Å²) in [5.74, 6) is 0. The minimum Gasteiger partial charge on any atom is -0.333 e. The molecule has 1 N–H and O–H groups in total. The second kappa shape index (κ2) is 4.76. The summed E-state index contributed by atoms with van der Waals surface area (Å²) in [6, 6.07) is 9.46. The number of imidazole rings is 1. The van der Waals surface area contributed by atoms with E-state index in [2.05, 4.69) is 20.2 Å². The molecule has 2 heterocycles. The van der Waals surface area contributed by atoms with E-state index in [1.807, 2.05) is 24.3 Å². The first kappa shape index (κ1) is 11.8. The Balaban J connectivity index is 1.98. The molecule has 0 fully saturated rings. The molecule has 0 bridgehead atoms. The number of nitrogens with zero attached hydrogens (tertiary/aromatic N) is 3. The molecular formula is C11H6Cl2N4S. The van der Waals surface area contributed by atoms with Gasteiger partial charge in [-0.3, -0.25) is 0 Å². The molecule has 0 aliphatic heterocycles. The van der Waals surface area contributed by atoms with Gasteiger partial charge in [-0.25, -0.2) is 4.98 Å². The molecule has 90 valence electrons. The van der Waals surface area contributed by atoms with Gasteiger partial charge in [-0.2, -0.15) is 0 Å². The third-order valence-electron chi connectivity index (χ3n) is 2.26.